The van der Waals surface area contributed by atoms with E-state index in [1.807, 2.05) is 30.3 Å². The molecule has 0 fully saturated rings. The van der Waals surface area contributed by atoms with E-state index in [-0.39, 0.29) is 0 Å². The van der Waals surface area contributed by atoms with Crippen LogP contribution in [0.1, 0.15) is 12.2 Å². The van der Waals surface area contributed by atoms with E-state index in [0.29, 0.717) is 16.6 Å². The standard InChI is InChI=1S/C16H20N2O3S/c1-19-14-8-7-12(11-15(14)20-2)18-16(22)17-9-3-5-13-6-4-10-21-13/h4,6-8,10-11H,3,5,9H2,1-2H3,(H2,17,18,22). The number of methoxy groups -OCH3 is 2. The van der Waals surface area contributed by atoms with Gasteiger partial charge in [-0.3, -0.25) is 0 Å². The Morgan fingerprint density at radius 1 is 1.18 bits per heavy atom. The lowest BCUT2D eigenvalue weighted by atomic mass is 10.2. The molecule has 0 unspecified atom stereocenters. The molecule has 1 heterocycles. The first-order chi connectivity index (χ1) is 10.7. The Labute approximate surface area is 135 Å². The second-order valence-electron chi connectivity index (χ2n) is 4.63. The average molecular weight is 320 g/mol. The molecule has 0 aliphatic rings. The maximum atomic E-state index is 5.28. The molecule has 6 heteroatoms. The van der Waals surface area contributed by atoms with Gasteiger partial charge < -0.3 is 24.5 Å². The van der Waals surface area contributed by atoms with Gasteiger partial charge in [0, 0.05) is 24.7 Å². The third-order valence-electron chi connectivity index (χ3n) is 3.11. The summed E-state index contributed by atoms with van der Waals surface area (Å²) in [4.78, 5) is 0. The molecule has 118 valence electrons. The Morgan fingerprint density at radius 2 is 2.00 bits per heavy atom. The van der Waals surface area contributed by atoms with Crippen LogP contribution in [0.15, 0.2) is 41.0 Å². The van der Waals surface area contributed by atoms with E-state index in [1.54, 1.807) is 20.5 Å². The Bertz CT molecular complexity index is 599. The quantitative estimate of drug-likeness (QED) is 0.603. The predicted molar refractivity (Wildman–Crippen MR) is 90.8 cm³/mol. The summed E-state index contributed by atoms with van der Waals surface area (Å²) >= 11 is 5.27. The molecule has 0 radical (unpaired) electrons. The molecule has 2 aromatic rings. The molecule has 0 aliphatic heterocycles. The van der Waals surface area contributed by atoms with Crippen LogP contribution in [0.4, 0.5) is 5.69 Å². The number of hydrogen-bond acceptors (Lipinski definition) is 4. The summed E-state index contributed by atoms with van der Waals surface area (Å²) in [5.74, 6) is 2.33. The highest BCUT2D eigenvalue weighted by molar-refractivity contribution is 7.80. The minimum atomic E-state index is 0.576. The summed E-state index contributed by atoms with van der Waals surface area (Å²) in [6.45, 7) is 0.778. The summed E-state index contributed by atoms with van der Waals surface area (Å²) < 4.78 is 15.7. The summed E-state index contributed by atoms with van der Waals surface area (Å²) in [6, 6.07) is 9.43. The second kappa shape index (κ2) is 8.29. The van der Waals surface area contributed by atoms with Gasteiger partial charge >= 0.3 is 0 Å². The minimum absolute atomic E-state index is 0.576. The molecule has 0 saturated heterocycles. The summed E-state index contributed by atoms with van der Waals surface area (Å²) in [7, 11) is 3.21. The van der Waals surface area contributed by atoms with Crippen molar-refractivity contribution in [2.75, 3.05) is 26.1 Å². The smallest absolute Gasteiger partial charge is 0.170 e. The SMILES string of the molecule is COc1ccc(NC(=S)NCCCc2ccco2)cc1OC. The third kappa shape index (κ3) is 4.66. The van der Waals surface area contributed by atoms with Crippen LogP contribution in [-0.4, -0.2) is 25.9 Å². The summed E-state index contributed by atoms with van der Waals surface area (Å²) in [5, 5.41) is 6.86. The van der Waals surface area contributed by atoms with Gasteiger partial charge in [0.1, 0.15) is 5.76 Å². The zero-order chi connectivity index (χ0) is 15.8. The first-order valence-corrected chi connectivity index (χ1v) is 7.43. The highest BCUT2D eigenvalue weighted by Gasteiger charge is 2.05. The van der Waals surface area contributed by atoms with E-state index in [0.717, 1.165) is 30.8 Å². The van der Waals surface area contributed by atoms with Crippen molar-refractivity contribution in [3.05, 3.63) is 42.4 Å². The van der Waals surface area contributed by atoms with Crippen molar-refractivity contribution in [3.63, 3.8) is 0 Å². The highest BCUT2D eigenvalue weighted by Crippen LogP contribution is 2.29. The largest absolute Gasteiger partial charge is 0.493 e. The molecule has 0 spiro atoms. The second-order valence-corrected chi connectivity index (χ2v) is 5.04. The lowest BCUT2D eigenvalue weighted by Crippen LogP contribution is -2.29. The number of aryl methyl sites for hydroxylation is 1. The van der Waals surface area contributed by atoms with Crippen molar-refractivity contribution in [2.24, 2.45) is 0 Å². The lowest BCUT2D eigenvalue weighted by Gasteiger charge is -2.13. The number of ether oxygens (including phenoxy) is 2. The molecule has 22 heavy (non-hydrogen) atoms. The molecule has 0 atom stereocenters. The zero-order valence-corrected chi connectivity index (χ0v) is 13.5. The normalized spacial score (nSPS) is 10.1. The van der Waals surface area contributed by atoms with Crippen LogP contribution >= 0.6 is 12.2 Å². The Kier molecular flexibility index (Phi) is 6.09. The van der Waals surface area contributed by atoms with Gasteiger partial charge in [0.05, 0.1) is 20.5 Å². The van der Waals surface area contributed by atoms with Crippen molar-refractivity contribution >= 4 is 23.0 Å². The summed E-state index contributed by atoms with van der Waals surface area (Å²) in [6.07, 6.45) is 3.52. The lowest BCUT2D eigenvalue weighted by molar-refractivity contribution is 0.355. The van der Waals surface area contributed by atoms with Gasteiger partial charge in [-0.2, -0.15) is 0 Å². The van der Waals surface area contributed by atoms with Crippen LogP contribution in [0.25, 0.3) is 0 Å². The number of furan rings is 1. The molecule has 0 aliphatic carbocycles. The van der Waals surface area contributed by atoms with E-state index < -0.39 is 0 Å². The van der Waals surface area contributed by atoms with Gasteiger partial charge in [0.15, 0.2) is 16.6 Å². The Balaban J connectivity index is 1.76. The first-order valence-electron chi connectivity index (χ1n) is 7.02. The van der Waals surface area contributed by atoms with Crippen LogP contribution in [0.2, 0.25) is 0 Å². The molecule has 1 aromatic heterocycles. The fraction of sp³-hybridized carbons (Fsp3) is 0.312. The molecule has 5 nitrogen and oxygen atoms in total. The minimum Gasteiger partial charge on any atom is -0.493 e. The number of nitrogens with one attached hydrogen (secondary N) is 2. The fourth-order valence-corrected chi connectivity index (χ4v) is 2.23. The average Bonchev–Trinajstić information content (AvgIpc) is 3.04. The molecule has 0 amide bonds. The van der Waals surface area contributed by atoms with Crippen molar-refractivity contribution < 1.29 is 13.9 Å². The number of benzene rings is 1. The van der Waals surface area contributed by atoms with Crippen molar-refractivity contribution in [1.82, 2.24) is 5.32 Å². The van der Waals surface area contributed by atoms with Crippen LogP contribution in [0.3, 0.4) is 0 Å². The van der Waals surface area contributed by atoms with Gasteiger partial charge in [-0.05, 0) is 42.9 Å². The van der Waals surface area contributed by atoms with Crippen LogP contribution in [0, 0.1) is 0 Å². The van der Waals surface area contributed by atoms with Gasteiger partial charge in [0.2, 0.25) is 0 Å². The van der Waals surface area contributed by atoms with Crippen LogP contribution in [0.5, 0.6) is 11.5 Å². The molecule has 2 rings (SSSR count). The van der Waals surface area contributed by atoms with Gasteiger partial charge in [-0.15, -0.1) is 0 Å². The van der Waals surface area contributed by atoms with Crippen LogP contribution < -0.4 is 20.1 Å². The third-order valence-corrected chi connectivity index (χ3v) is 3.35. The fourth-order valence-electron chi connectivity index (χ4n) is 2.01. The van der Waals surface area contributed by atoms with E-state index in [1.165, 1.54) is 0 Å². The molecule has 2 N–H and O–H groups in total. The maximum Gasteiger partial charge on any atom is 0.170 e. The molecule has 0 saturated carbocycles. The maximum absolute atomic E-state index is 5.28. The number of rotatable bonds is 7. The van der Waals surface area contributed by atoms with Gasteiger partial charge in [-0.25, -0.2) is 0 Å². The molecular formula is C16H20N2O3S. The molecular weight excluding hydrogens is 300 g/mol. The van der Waals surface area contributed by atoms with E-state index in [2.05, 4.69) is 10.6 Å². The number of anilines is 1. The number of thiocarbonyl (C=S) groups is 1. The Morgan fingerprint density at radius 3 is 2.68 bits per heavy atom. The molecule has 1 aromatic carbocycles. The van der Waals surface area contributed by atoms with Crippen molar-refractivity contribution in [1.29, 1.82) is 0 Å². The van der Waals surface area contributed by atoms with E-state index in [4.69, 9.17) is 26.1 Å². The number of hydrogen-bond donors (Lipinski definition) is 2. The highest BCUT2D eigenvalue weighted by atomic mass is 32.1. The Hall–Kier alpha value is -2.21. The first kappa shape index (κ1) is 16.2. The van der Waals surface area contributed by atoms with Gasteiger partial charge in [-0.1, -0.05) is 0 Å². The van der Waals surface area contributed by atoms with E-state index >= 15 is 0 Å². The summed E-state index contributed by atoms with van der Waals surface area (Å²) in [5.41, 5.74) is 0.848. The van der Waals surface area contributed by atoms with E-state index in [9.17, 15) is 0 Å². The predicted octanol–water partition coefficient (Wildman–Crippen LogP) is 3.22. The van der Waals surface area contributed by atoms with Crippen LogP contribution in [-0.2, 0) is 6.42 Å². The zero-order valence-electron chi connectivity index (χ0n) is 12.7. The molecule has 0 bridgehead atoms. The topological polar surface area (TPSA) is 55.7 Å². The van der Waals surface area contributed by atoms with Crippen molar-refractivity contribution in [2.45, 2.75) is 12.8 Å². The van der Waals surface area contributed by atoms with Crippen molar-refractivity contribution in [3.8, 4) is 11.5 Å². The van der Waals surface area contributed by atoms with Gasteiger partial charge in [0.25, 0.3) is 0 Å². The monoisotopic (exact) mass is 320 g/mol.